The maximum absolute atomic E-state index is 5.89. The minimum atomic E-state index is 0.220. The molecule has 1 unspecified atom stereocenters. The molecular weight excluding hydrogens is 254 g/mol. The van der Waals surface area contributed by atoms with Crippen molar-refractivity contribution in [3.63, 3.8) is 0 Å². The van der Waals surface area contributed by atoms with Crippen LogP contribution < -0.4 is 14.8 Å². The van der Waals surface area contributed by atoms with Gasteiger partial charge in [0, 0.05) is 18.6 Å². The third-order valence-electron chi connectivity index (χ3n) is 3.89. The molecule has 112 valence electrons. The van der Waals surface area contributed by atoms with Crippen molar-refractivity contribution >= 4 is 0 Å². The third-order valence-corrected chi connectivity index (χ3v) is 3.89. The van der Waals surface area contributed by atoms with Crippen molar-refractivity contribution in [1.29, 1.82) is 0 Å². The number of para-hydroxylation sites is 2. The van der Waals surface area contributed by atoms with E-state index < -0.39 is 0 Å². The summed E-state index contributed by atoms with van der Waals surface area (Å²) in [5.41, 5.74) is 0.220. The summed E-state index contributed by atoms with van der Waals surface area (Å²) in [4.78, 5) is 0. The van der Waals surface area contributed by atoms with Crippen molar-refractivity contribution in [2.24, 2.45) is 5.41 Å². The van der Waals surface area contributed by atoms with Crippen LogP contribution in [0, 0.1) is 5.41 Å². The molecular formula is C16H25NO3. The predicted octanol–water partition coefficient (Wildman–Crippen LogP) is 2.48. The molecule has 1 saturated heterocycles. The van der Waals surface area contributed by atoms with Gasteiger partial charge in [0.25, 0.3) is 0 Å². The molecule has 1 heterocycles. The number of hydrogen-bond donors (Lipinski definition) is 1. The minimum absolute atomic E-state index is 0.220. The van der Waals surface area contributed by atoms with Crippen molar-refractivity contribution in [2.75, 3.05) is 40.0 Å². The highest BCUT2D eigenvalue weighted by Crippen LogP contribution is 2.33. The van der Waals surface area contributed by atoms with E-state index in [1.807, 2.05) is 24.3 Å². The smallest absolute Gasteiger partial charge is 0.161 e. The Kier molecular flexibility index (Phi) is 5.68. The second-order valence-corrected chi connectivity index (χ2v) is 5.33. The molecule has 0 radical (unpaired) electrons. The van der Waals surface area contributed by atoms with Crippen LogP contribution in [0.4, 0.5) is 0 Å². The molecule has 0 saturated carbocycles. The van der Waals surface area contributed by atoms with Crippen LogP contribution in [0.15, 0.2) is 24.3 Å². The van der Waals surface area contributed by atoms with Crippen LogP contribution in [-0.4, -0.2) is 40.0 Å². The van der Waals surface area contributed by atoms with Crippen LogP contribution >= 0.6 is 0 Å². The Labute approximate surface area is 121 Å². The van der Waals surface area contributed by atoms with E-state index in [4.69, 9.17) is 14.2 Å². The van der Waals surface area contributed by atoms with Crippen LogP contribution in [-0.2, 0) is 4.74 Å². The molecule has 0 aliphatic carbocycles. The van der Waals surface area contributed by atoms with E-state index in [9.17, 15) is 0 Å². The summed E-state index contributed by atoms with van der Waals surface area (Å²) in [6, 6.07) is 7.78. The standard InChI is InChI=1S/C16H25NO3/c1-3-17-12-16(8-10-19-13-16)9-11-20-15-7-5-4-6-14(15)18-2/h4-7,17H,3,8-13H2,1-2H3. The second kappa shape index (κ2) is 7.50. The van der Waals surface area contributed by atoms with Crippen molar-refractivity contribution in [2.45, 2.75) is 19.8 Å². The molecule has 1 fully saturated rings. The average Bonchev–Trinajstić information content (AvgIpc) is 2.95. The first kappa shape index (κ1) is 15.1. The molecule has 0 amide bonds. The summed E-state index contributed by atoms with van der Waals surface area (Å²) in [6.45, 7) is 6.51. The van der Waals surface area contributed by atoms with Gasteiger partial charge in [-0.15, -0.1) is 0 Å². The van der Waals surface area contributed by atoms with Gasteiger partial charge in [0.05, 0.1) is 20.3 Å². The minimum Gasteiger partial charge on any atom is -0.493 e. The van der Waals surface area contributed by atoms with Gasteiger partial charge in [0.15, 0.2) is 11.5 Å². The third kappa shape index (κ3) is 3.87. The molecule has 2 rings (SSSR count). The Balaban J connectivity index is 1.87. The van der Waals surface area contributed by atoms with Gasteiger partial charge in [0.1, 0.15) is 0 Å². The largest absolute Gasteiger partial charge is 0.493 e. The summed E-state index contributed by atoms with van der Waals surface area (Å²) in [6.07, 6.45) is 2.10. The Morgan fingerprint density at radius 1 is 1.30 bits per heavy atom. The number of rotatable bonds is 8. The summed E-state index contributed by atoms with van der Waals surface area (Å²) < 4.78 is 16.8. The second-order valence-electron chi connectivity index (χ2n) is 5.33. The van der Waals surface area contributed by atoms with Crippen LogP contribution in [0.25, 0.3) is 0 Å². The summed E-state index contributed by atoms with van der Waals surface area (Å²) in [7, 11) is 1.67. The predicted molar refractivity (Wildman–Crippen MR) is 79.5 cm³/mol. The molecule has 1 aromatic rings. The quantitative estimate of drug-likeness (QED) is 0.793. The molecule has 1 aromatic carbocycles. The van der Waals surface area contributed by atoms with Gasteiger partial charge >= 0.3 is 0 Å². The molecule has 1 aliphatic rings. The maximum Gasteiger partial charge on any atom is 0.161 e. The lowest BCUT2D eigenvalue weighted by Gasteiger charge is -2.27. The first-order valence-corrected chi connectivity index (χ1v) is 7.34. The van der Waals surface area contributed by atoms with Gasteiger partial charge in [0.2, 0.25) is 0 Å². The van der Waals surface area contributed by atoms with Crippen LogP contribution in [0.1, 0.15) is 19.8 Å². The van der Waals surface area contributed by atoms with Crippen LogP contribution in [0.2, 0.25) is 0 Å². The highest BCUT2D eigenvalue weighted by molar-refractivity contribution is 5.39. The number of hydrogen-bond acceptors (Lipinski definition) is 4. The SMILES string of the molecule is CCNCC1(CCOc2ccccc2OC)CCOC1. The Morgan fingerprint density at radius 3 is 2.75 bits per heavy atom. The fraction of sp³-hybridized carbons (Fsp3) is 0.625. The van der Waals surface area contributed by atoms with E-state index in [1.165, 1.54) is 0 Å². The van der Waals surface area contributed by atoms with E-state index in [0.29, 0.717) is 6.61 Å². The molecule has 1 atom stereocenters. The lowest BCUT2D eigenvalue weighted by atomic mass is 9.84. The van der Waals surface area contributed by atoms with E-state index in [2.05, 4.69) is 12.2 Å². The van der Waals surface area contributed by atoms with Gasteiger partial charge in [-0.3, -0.25) is 0 Å². The van der Waals surface area contributed by atoms with E-state index in [0.717, 1.165) is 50.6 Å². The summed E-state index contributed by atoms with van der Waals surface area (Å²) >= 11 is 0. The zero-order valence-electron chi connectivity index (χ0n) is 12.5. The molecule has 1 aliphatic heterocycles. The number of nitrogens with one attached hydrogen (secondary N) is 1. The van der Waals surface area contributed by atoms with Gasteiger partial charge < -0.3 is 19.5 Å². The van der Waals surface area contributed by atoms with Gasteiger partial charge in [-0.1, -0.05) is 19.1 Å². The Bertz CT molecular complexity index is 402. The lowest BCUT2D eigenvalue weighted by Crippen LogP contribution is -2.36. The van der Waals surface area contributed by atoms with Crippen molar-refractivity contribution in [1.82, 2.24) is 5.32 Å². The van der Waals surface area contributed by atoms with Gasteiger partial charge in [-0.25, -0.2) is 0 Å². The van der Waals surface area contributed by atoms with Crippen molar-refractivity contribution in [3.05, 3.63) is 24.3 Å². The van der Waals surface area contributed by atoms with Gasteiger partial charge in [-0.2, -0.15) is 0 Å². The first-order valence-electron chi connectivity index (χ1n) is 7.34. The van der Waals surface area contributed by atoms with E-state index >= 15 is 0 Å². The molecule has 20 heavy (non-hydrogen) atoms. The van der Waals surface area contributed by atoms with Gasteiger partial charge in [-0.05, 0) is 31.5 Å². The molecule has 0 spiro atoms. The fourth-order valence-corrected chi connectivity index (χ4v) is 2.58. The maximum atomic E-state index is 5.89. The number of methoxy groups -OCH3 is 1. The monoisotopic (exact) mass is 279 g/mol. The zero-order chi connectivity index (χ0) is 14.3. The molecule has 0 aromatic heterocycles. The number of benzene rings is 1. The van der Waals surface area contributed by atoms with Crippen molar-refractivity contribution < 1.29 is 14.2 Å². The molecule has 1 N–H and O–H groups in total. The topological polar surface area (TPSA) is 39.7 Å². The fourth-order valence-electron chi connectivity index (χ4n) is 2.58. The summed E-state index contributed by atoms with van der Waals surface area (Å²) in [5, 5.41) is 3.44. The van der Waals surface area contributed by atoms with Crippen molar-refractivity contribution in [3.8, 4) is 11.5 Å². The van der Waals surface area contributed by atoms with Crippen LogP contribution in [0.5, 0.6) is 11.5 Å². The average molecular weight is 279 g/mol. The van der Waals surface area contributed by atoms with E-state index in [1.54, 1.807) is 7.11 Å². The molecule has 4 heteroatoms. The van der Waals surface area contributed by atoms with Crippen LogP contribution in [0.3, 0.4) is 0 Å². The lowest BCUT2D eigenvalue weighted by molar-refractivity contribution is 0.128. The number of ether oxygens (including phenoxy) is 3. The Morgan fingerprint density at radius 2 is 2.10 bits per heavy atom. The highest BCUT2D eigenvalue weighted by Gasteiger charge is 2.34. The summed E-state index contributed by atoms with van der Waals surface area (Å²) in [5.74, 6) is 1.60. The zero-order valence-corrected chi connectivity index (χ0v) is 12.5. The normalized spacial score (nSPS) is 21.9. The van der Waals surface area contributed by atoms with E-state index in [-0.39, 0.29) is 5.41 Å². The highest BCUT2D eigenvalue weighted by atomic mass is 16.5. The molecule has 4 nitrogen and oxygen atoms in total. The Hall–Kier alpha value is -1.26. The first-order chi connectivity index (χ1) is 9.79. The molecule has 0 bridgehead atoms.